The van der Waals surface area contributed by atoms with Crippen LogP contribution in [0.25, 0.3) is 0 Å². The van der Waals surface area contributed by atoms with Crippen LogP contribution in [0.2, 0.25) is 0 Å². The van der Waals surface area contributed by atoms with Gasteiger partial charge < -0.3 is 14.2 Å². The smallest absolute Gasteiger partial charge is 0.343 e. The number of aldehydes is 1. The third-order valence-corrected chi connectivity index (χ3v) is 2.21. The molecule has 0 aromatic heterocycles. The van der Waals surface area contributed by atoms with E-state index in [-0.39, 0.29) is 17.1 Å². The number of esters is 1. The quantitative estimate of drug-likeness (QED) is 0.328. The fourth-order valence-corrected chi connectivity index (χ4v) is 1.29. The fraction of sp³-hybridized carbons (Fsp3) is 0.273. The summed E-state index contributed by atoms with van der Waals surface area (Å²) in [5, 5.41) is 10.8. The van der Waals surface area contributed by atoms with Crippen LogP contribution in [-0.4, -0.2) is 38.0 Å². The molecule has 0 atom stereocenters. The highest BCUT2D eigenvalue weighted by molar-refractivity contribution is 5.83. The van der Waals surface area contributed by atoms with Gasteiger partial charge in [0.2, 0.25) is 0 Å². The molecule has 0 aliphatic heterocycles. The normalized spacial score (nSPS) is 9.58. The second-order valence-electron chi connectivity index (χ2n) is 3.30. The van der Waals surface area contributed by atoms with E-state index in [1.165, 1.54) is 14.2 Å². The SMILES string of the molecule is COC(=O)COc1cc([N+](=O)[O-])c(C=O)cc1OC. The van der Waals surface area contributed by atoms with Gasteiger partial charge in [-0.05, 0) is 0 Å². The summed E-state index contributed by atoms with van der Waals surface area (Å²) >= 11 is 0. The van der Waals surface area contributed by atoms with Crippen molar-refractivity contribution in [2.45, 2.75) is 0 Å². The lowest BCUT2D eigenvalue weighted by Gasteiger charge is -2.10. The standard InChI is InChI=1S/C11H11NO7/c1-17-9-3-7(5-13)8(12(15)16)4-10(9)19-6-11(14)18-2/h3-5H,6H2,1-2H3. The Morgan fingerprint density at radius 3 is 2.53 bits per heavy atom. The van der Waals surface area contributed by atoms with E-state index in [4.69, 9.17) is 9.47 Å². The van der Waals surface area contributed by atoms with Crippen LogP contribution < -0.4 is 9.47 Å². The minimum Gasteiger partial charge on any atom is -0.493 e. The largest absolute Gasteiger partial charge is 0.493 e. The molecule has 19 heavy (non-hydrogen) atoms. The highest BCUT2D eigenvalue weighted by atomic mass is 16.6. The Bertz CT molecular complexity index is 512. The van der Waals surface area contributed by atoms with Crippen molar-refractivity contribution in [3.8, 4) is 11.5 Å². The Hall–Kier alpha value is -2.64. The summed E-state index contributed by atoms with van der Waals surface area (Å²) < 4.78 is 14.4. The van der Waals surface area contributed by atoms with Gasteiger partial charge >= 0.3 is 5.97 Å². The molecule has 0 unspecified atom stereocenters. The first-order valence-corrected chi connectivity index (χ1v) is 5.04. The third kappa shape index (κ3) is 3.41. The molecule has 0 bridgehead atoms. The van der Waals surface area contributed by atoms with Crippen LogP contribution in [0.3, 0.4) is 0 Å². The average molecular weight is 269 g/mol. The zero-order chi connectivity index (χ0) is 14.4. The number of carbonyl (C=O) groups excluding carboxylic acids is 2. The number of carbonyl (C=O) groups is 2. The van der Waals surface area contributed by atoms with Gasteiger partial charge in [0.05, 0.1) is 30.8 Å². The molecule has 8 heteroatoms. The number of rotatable bonds is 6. The Labute approximate surface area is 108 Å². The lowest BCUT2D eigenvalue weighted by atomic mass is 10.1. The van der Waals surface area contributed by atoms with E-state index in [0.29, 0.717) is 6.29 Å². The van der Waals surface area contributed by atoms with Gasteiger partial charge in [-0.1, -0.05) is 0 Å². The molecule has 102 valence electrons. The lowest BCUT2D eigenvalue weighted by Crippen LogP contribution is -2.13. The first-order valence-electron chi connectivity index (χ1n) is 5.04. The van der Waals surface area contributed by atoms with Crippen molar-refractivity contribution in [1.29, 1.82) is 0 Å². The molecule has 1 aromatic carbocycles. The van der Waals surface area contributed by atoms with Crippen molar-refractivity contribution in [1.82, 2.24) is 0 Å². The molecule has 0 spiro atoms. The highest BCUT2D eigenvalue weighted by Crippen LogP contribution is 2.33. The molecule has 0 saturated carbocycles. The lowest BCUT2D eigenvalue weighted by molar-refractivity contribution is -0.385. The monoisotopic (exact) mass is 269 g/mol. The maximum absolute atomic E-state index is 10.9. The first-order chi connectivity index (χ1) is 9.03. The van der Waals surface area contributed by atoms with E-state index in [1.807, 2.05) is 0 Å². The van der Waals surface area contributed by atoms with Gasteiger partial charge in [0, 0.05) is 6.07 Å². The number of nitrogens with zero attached hydrogens (tertiary/aromatic N) is 1. The van der Waals surface area contributed by atoms with Crippen molar-refractivity contribution in [3.05, 3.63) is 27.8 Å². The van der Waals surface area contributed by atoms with Gasteiger partial charge in [-0.25, -0.2) is 4.79 Å². The van der Waals surface area contributed by atoms with E-state index >= 15 is 0 Å². The molecule has 1 aromatic rings. The summed E-state index contributed by atoms with van der Waals surface area (Å²) in [6.45, 7) is -0.426. The minimum atomic E-state index is -0.728. The zero-order valence-corrected chi connectivity index (χ0v) is 10.2. The Balaban J connectivity index is 3.14. The summed E-state index contributed by atoms with van der Waals surface area (Å²) in [6.07, 6.45) is 0.338. The number of benzene rings is 1. The molecule has 0 aliphatic rings. The molecule has 8 nitrogen and oxygen atoms in total. The molecule has 0 fully saturated rings. The van der Waals surface area contributed by atoms with Crippen LogP contribution in [0.1, 0.15) is 10.4 Å². The van der Waals surface area contributed by atoms with Crippen LogP contribution in [0.5, 0.6) is 11.5 Å². The van der Waals surface area contributed by atoms with Crippen molar-refractivity contribution < 1.29 is 28.7 Å². The third-order valence-electron chi connectivity index (χ3n) is 2.21. The minimum absolute atomic E-state index is 0.0230. The summed E-state index contributed by atoms with van der Waals surface area (Å²) in [5.41, 5.74) is -0.581. The molecular weight excluding hydrogens is 258 g/mol. The van der Waals surface area contributed by atoms with Gasteiger partial charge in [-0.3, -0.25) is 14.9 Å². The summed E-state index contributed by atoms with van der Waals surface area (Å²) in [4.78, 5) is 31.8. The van der Waals surface area contributed by atoms with Gasteiger partial charge in [-0.2, -0.15) is 0 Å². The molecular formula is C11H11NO7. The molecule has 0 saturated heterocycles. The van der Waals surface area contributed by atoms with Gasteiger partial charge in [0.15, 0.2) is 24.4 Å². The van der Waals surface area contributed by atoms with Crippen LogP contribution in [0.15, 0.2) is 12.1 Å². The second kappa shape index (κ2) is 6.34. The molecule has 0 heterocycles. The fourth-order valence-electron chi connectivity index (χ4n) is 1.29. The molecule has 1 rings (SSSR count). The predicted octanol–water partition coefficient (Wildman–Crippen LogP) is 0.968. The van der Waals surface area contributed by atoms with Gasteiger partial charge in [-0.15, -0.1) is 0 Å². The van der Waals surface area contributed by atoms with Crippen molar-refractivity contribution in [3.63, 3.8) is 0 Å². The molecule has 0 aliphatic carbocycles. The van der Waals surface area contributed by atoms with E-state index in [2.05, 4.69) is 4.74 Å². The number of methoxy groups -OCH3 is 2. The number of nitro benzene ring substituents is 1. The zero-order valence-electron chi connectivity index (χ0n) is 10.2. The Morgan fingerprint density at radius 2 is 2.05 bits per heavy atom. The summed E-state index contributed by atoms with van der Waals surface area (Å²) in [7, 11) is 2.49. The van der Waals surface area contributed by atoms with E-state index in [0.717, 1.165) is 12.1 Å². The van der Waals surface area contributed by atoms with Gasteiger partial charge in [0.1, 0.15) is 0 Å². The Morgan fingerprint density at radius 1 is 1.37 bits per heavy atom. The van der Waals surface area contributed by atoms with Crippen LogP contribution in [0, 0.1) is 10.1 Å². The maximum atomic E-state index is 10.9. The molecule has 0 radical (unpaired) electrons. The summed E-state index contributed by atoms with van der Waals surface area (Å²) in [6, 6.07) is 2.18. The highest BCUT2D eigenvalue weighted by Gasteiger charge is 2.20. The second-order valence-corrected chi connectivity index (χ2v) is 3.30. The van der Waals surface area contributed by atoms with Crippen molar-refractivity contribution in [2.75, 3.05) is 20.8 Å². The number of ether oxygens (including phenoxy) is 3. The topological polar surface area (TPSA) is 105 Å². The van der Waals surface area contributed by atoms with E-state index < -0.39 is 23.2 Å². The van der Waals surface area contributed by atoms with Crippen LogP contribution in [-0.2, 0) is 9.53 Å². The first kappa shape index (κ1) is 14.4. The van der Waals surface area contributed by atoms with Gasteiger partial charge in [0.25, 0.3) is 5.69 Å². The molecule has 0 amide bonds. The number of hydrogen-bond donors (Lipinski definition) is 0. The van der Waals surface area contributed by atoms with Crippen molar-refractivity contribution >= 4 is 17.9 Å². The Kier molecular flexibility index (Phi) is 4.81. The number of nitro groups is 1. The number of hydrogen-bond acceptors (Lipinski definition) is 7. The van der Waals surface area contributed by atoms with E-state index in [1.54, 1.807) is 0 Å². The van der Waals surface area contributed by atoms with Crippen LogP contribution in [0.4, 0.5) is 5.69 Å². The average Bonchev–Trinajstić information content (AvgIpc) is 2.43. The predicted molar refractivity (Wildman–Crippen MR) is 62.5 cm³/mol. The van der Waals surface area contributed by atoms with Crippen LogP contribution >= 0.6 is 0 Å². The van der Waals surface area contributed by atoms with E-state index in [9.17, 15) is 19.7 Å². The van der Waals surface area contributed by atoms with Crippen molar-refractivity contribution in [2.24, 2.45) is 0 Å². The maximum Gasteiger partial charge on any atom is 0.343 e. The summed E-state index contributed by atoms with van der Waals surface area (Å²) in [5.74, 6) is -0.564. The molecule has 0 N–H and O–H groups in total.